The number of fused-ring (bicyclic) bond motifs is 1. The molecule has 5 amide bonds. The molecule has 3 aromatic carbocycles. The average molecular weight is 643 g/mol. The molecule has 0 spiro atoms. The summed E-state index contributed by atoms with van der Waals surface area (Å²) in [5.41, 5.74) is 15.4. The van der Waals surface area contributed by atoms with Crippen molar-refractivity contribution >= 4 is 46.6 Å². The van der Waals surface area contributed by atoms with E-state index in [1.807, 2.05) is 91.5 Å². The lowest BCUT2D eigenvalue weighted by molar-refractivity contribution is -0.129. The summed E-state index contributed by atoms with van der Waals surface area (Å²) >= 11 is 0. The maximum atomic E-state index is 13.9. The van der Waals surface area contributed by atoms with Gasteiger partial charge in [-0.2, -0.15) is 5.10 Å². The molecule has 0 aliphatic carbocycles. The topological polar surface area (TPSA) is 184 Å². The Balaban J connectivity index is 1.65. The molecular weight excluding hydrogens is 600 g/mol. The summed E-state index contributed by atoms with van der Waals surface area (Å²) in [6, 6.07) is 19.6. The van der Waals surface area contributed by atoms with E-state index in [9.17, 15) is 19.2 Å². The average Bonchev–Trinajstić information content (AvgIpc) is 3.46. The van der Waals surface area contributed by atoms with E-state index in [0.29, 0.717) is 12.1 Å². The predicted octanol–water partition coefficient (Wildman–Crippen LogP) is 3.50. The highest BCUT2D eigenvalue weighted by Crippen LogP contribution is 2.34. The van der Waals surface area contributed by atoms with Crippen LogP contribution in [0.1, 0.15) is 39.2 Å². The van der Waals surface area contributed by atoms with Crippen LogP contribution in [-0.4, -0.2) is 59.8 Å². The molecule has 4 rings (SSSR count). The number of nitrogens with two attached hydrogens (primary N) is 2. The van der Waals surface area contributed by atoms with Gasteiger partial charge in [-0.3, -0.25) is 14.5 Å². The Morgan fingerprint density at radius 2 is 1.66 bits per heavy atom. The van der Waals surface area contributed by atoms with E-state index >= 15 is 0 Å². The second-order valence-electron chi connectivity index (χ2n) is 11.7. The number of hydrogen-bond donors (Lipinski definition) is 5. The molecule has 13 nitrogen and oxygen atoms in total. The molecular formula is C34H42N8O5. The van der Waals surface area contributed by atoms with Crippen molar-refractivity contribution in [3.8, 4) is 0 Å². The first-order chi connectivity index (χ1) is 22.5. The van der Waals surface area contributed by atoms with Crippen molar-refractivity contribution in [1.82, 2.24) is 21.0 Å². The Kier molecular flexibility index (Phi) is 11.9. The van der Waals surface area contributed by atoms with Crippen molar-refractivity contribution in [2.45, 2.75) is 58.3 Å². The molecule has 1 aliphatic heterocycles. The number of nitrogens with one attached hydrogen (secondary N) is 3. The van der Waals surface area contributed by atoms with E-state index < -0.39 is 36.2 Å². The summed E-state index contributed by atoms with van der Waals surface area (Å²) in [4.78, 5) is 54.7. The number of nitrogens with zero attached hydrogens (tertiary/aromatic N) is 3. The van der Waals surface area contributed by atoms with Gasteiger partial charge in [0.1, 0.15) is 19.3 Å². The van der Waals surface area contributed by atoms with E-state index in [0.717, 1.165) is 22.0 Å². The first kappa shape index (κ1) is 34.4. The third-order valence-corrected chi connectivity index (χ3v) is 7.39. The minimum absolute atomic E-state index is 0.00328. The Bertz CT molecular complexity index is 1620. The fourth-order valence-electron chi connectivity index (χ4n) is 5.23. The third kappa shape index (κ3) is 9.78. The number of carbonyl (C=O) groups is 4. The highest BCUT2D eigenvalue weighted by Gasteiger charge is 2.33. The van der Waals surface area contributed by atoms with Gasteiger partial charge < -0.3 is 31.7 Å². The van der Waals surface area contributed by atoms with Crippen LogP contribution in [-0.2, 0) is 20.9 Å². The summed E-state index contributed by atoms with van der Waals surface area (Å²) < 4.78 is 5.46. The molecule has 1 aliphatic rings. The van der Waals surface area contributed by atoms with Crippen LogP contribution >= 0.6 is 0 Å². The van der Waals surface area contributed by atoms with Crippen LogP contribution in [0.4, 0.5) is 15.3 Å². The number of amides is 5. The minimum Gasteiger partial charge on any atom is -0.445 e. The Labute approximate surface area is 274 Å². The van der Waals surface area contributed by atoms with Crippen LogP contribution in [0.25, 0.3) is 10.8 Å². The SMILES string of the molecule is CC(C)C[C@@H](C=NNC(N)=O)NC(=O)[C@H](CC1=CN(C(=O)[C@H](C)N)CN1c1cccc2ccccc12)NC(=O)OCc1ccccc1. The van der Waals surface area contributed by atoms with Crippen LogP contribution < -0.4 is 32.4 Å². The van der Waals surface area contributed by atoms with Crippen LogP contribution in [0.5, 0.6) is 0 Å². The van der Waals surface area contributed by atoms with Crippen LogP contribution in [0.2, 0.25) is 0 Å². The number of benzene rings is 3. The molecule has 7 N–H and O–H groups in total. The van der Waals surface area contributed by atoms with Gasteiger partial charge in [0.15, 0.2) is 0 Å². The first-order valence-electron chi connectivity index (χ1n) is 15.4. The molecule has 0 saturated heterocycles. The normalized spacial score (nSPS) is 14.9. The van der Waals surface area contributed by atoms with Crippen LogP contribution in [0.3, 0.4) is 0 Å². The number of carbonyl (C=O) groups excluding carboxylic acids is 4. The number of primary amides is 1. The Morgan fingerprint density at radius 1 is 0.957 bits per heavy atom. The standard InChI is InChI=1S/C34H42N8O5/c1-22(2)16-26(18-37-40-33(36)45)38-31(43)29(39-34(46)47-20-24-10-5-4-6-11-24)17-27-19-41(32(44)23(3)35)21-42(27)30-15-9-13-25-12-7-8-14-28(25)30/h4-15,18-19,22-23,26,29H,16-17,20-21,35H2,1-3H3,(H,38,43)(H,39,46)(H3,36,40,45)/t23-,26-,29-/m0/s1. The number of rotatable bonds is 13. The van der Waals surface area contributed by atoms with Crippen LogP contribution in [0.15, 0.2) is 89.8 Å². The Morgan fingerprint density at radius 3 is 2.36 bits per heavy atom. The summed E-state index contributed by atoms with van der Waals surface area (Å²) in [5.74, 6) is -0.662. The zero-order chi connectivity index (χ0) is 33.9. The number of alkyl carbamates (subject to hydrolysis) is 1. The quantitative estimate of drug-likeness (QED) is 0.140. The van der Waals surface area contributed by atoms with Crippen molar-refractivity contribution in [2.24, 2.45) is 22.5 Å². The molecule has 1 heterocycles. The molecule has 0 fully saturated rings. The molecule has 0 saturated carbocycles. The molecule has 248 valence electrons. The molecule has 47 heavy (non-hydrogen) atoms. The zero-order valence-electron chi connectivity index (χ0n) is 26.8. The van der Waals surface area contributed by atoms with Gasteiger partial charge in [-0.15, -0.1) is 0 Å². The lowest BCUT2D eigenvalue weighted by atomic mass is 10.0. The summed E-state index contributed by atoms with van der Waals surface area (Å²) in [7, 11) is 0. The van der Waals surface area contributed by atoms with Gasteiger partial charge in [0.2, 0.25) is 11.8 Å². The zero-order valence-corrected chi connectivity index (χ0v) is 26.8. The maximum Gasteiger partial charge on any atom is 0.408 e. The van der Waals surface area contributed by atoms with E-state index in [-0.39, 0.29) is 31.5 Å². The molecule has 0 bridgehead atoms. The van der Waals surface area contributed by atoms with Crippen molar-refractivity contribution in [2.75, 3.05) is 11.6 Å². The van der Waals surface area contributed by atoms with Crippen LogP contribution in [0, 0.1) is 5.92 Å². The molecule has 13 heteroatoms. The van der Waals surface area contributed by atoms with Crippen molar-refractivity contribution in [3.05, 3.63) is 90.3 Å². The number of urea groups is 1. The summed E-state index contributed by atoms with van der Waals surface area (Å²) in [5, 5.41) is 11.4. The molecule has 3 atom stereocenters. The van der Waals surface area contributed by atoms with Gasteiger partial charge in [-0.05, 0) is 36.3 Å². The predicted molar refractivity (Wildman–Crippen MR) is 181 cm³/mol. The molecule has 3 aromatic rings. The van der Waals surface area contributed by atoms with Crippen molar-refractivity contribution in [1.29, 1.82) is 0 Å². The van der Waals surface area contributed by atoms with E-state index in [4.69, 9.17) is 16.2 Å². The van der Waals surface area contributed by atoms with Gasteiger partial charge in [-0.1, -0.05) is 80.6 Å². The van der Waals surface area contributed by atoms with E-state index in [1.165, 1.54) is 11.1 Å². The van der Waals surface area contributed by atoms with Crippen molar-refractivity contribution < 1.29 is 23.9 Å². The monoisotopic (exact) mass is 642 g/mol. The third-order valence-electron chi connectivity index (χ3n) is 7.39. The minimum atomic E-state index is -1.13. The first-order valence-corrected chi connectivity index (χ1v) is 15.4. The smallest absolute Gasteiger partial charge is 0.408 e. The lowest BCUT2D eigenvalue weighted by Crippen LogP contribution is -2.51. The van der Waals surface area contributed by atoms with Gasteiger partial charge in [0, 0.05) is 29.9 Å². The highest BCUT2D eigenvalue weighted by atomic mass is 16.5. The van der Waals surface area contributed by atoms with Gasteiger partial charge in [0.05, 0.1) is 17.8 Å². The van der Waals surface area contributed by atoms with E-state index in [1.54, 1.807) is 13.1 Å². The van der Waals surface area contributed by atoms with Crippen molar-refractivity contribution in [3.63, 3.8) is 0 Å². The van der Waals surface area contributed by atoms with Gasteiger partial charge >= 0.3 is 12.1 Å². The second-order valence-corrected chi connectivity index (χ2v) is 11.7. The summed E-state index contributed by atoms with van der Waals surface area (Å²) in [6.07, 6.45) is 2.74. The maximum absolute atomic E-state index is 13.9. The molecule has 0 aromatic heterocycles. The Hall–Kier alpha value is -5.43. The molecule has 0 unspecified atom stereocenters. The molecule has 0 radical (unpaired) electrons. The fourth-order valence-corrected chi connectivity index (χ4v) is 5.23. The highest BCUT2D eigenvalue weighted by molar-refractivity contribution is 5.96. The lowest BCUT2D eigenvalue weighted by Gasteiger charge is -2.28. The second kappa shape index (κ2) is 16.2. The van der Waals surface area contributed by atoms with Gasteiger partial charge in [0.25, 0.3) is 0 Å². The largest absolute Gasteiger partial charge is 0.445 e. The number of hydrazone groups is 1. The van der Waals surface area contributed by atoms with Gasteiger partial charge in [-0.25, -0.2) is 15.0 Å². The number of ether oxygens (including phenoxy) is 1. The number of anilines is 1. The summed E-state index contributed by atoms with van der Waals surface area (Å²) in [6.45, 7) is 5.73. The fraction of sp³-hybridized carbons (Fsp3) is 0.324. The number of hydrogen-bond acceptors (Lipinski definition) is 8. The van der Waals surface area contributed by atoms with E-state index in [2.05, 4.69) is 21.2 Å².